The van der Waals surface area contributed by atoms with Crippen LogP contribution in [0.1, 0.15) is 5.69 Å². The van der Waals surface area contributed by atoms with Crippen molar-refractivity contribution in [1.82, 2.24) is 29.7 Å². The maximum Gasteiger partial charge on any atom is 0.244 e. The number of carbonyl (C=O) groups is 1. The van der Waals surface area contributed by atoms with Gasteiger partial charge in [-0.3, -0.25) is 4.79 Å². The molecule has 1 amide bonds. The van der Waals surface area contributed by atoms with Gasteiger partial charge in [0.05, 0.1) is 6.54 Å². The topological polar surface area (TPSA) is 68.8 Å². The van der Waals surface area contributed by atoms with Gasteiger partial charge in [0.25, 0.3) is 0 Å². The van der Waals surface area contributed by atoms with Crippen LogP contribution in [0.5, 0.6) is 0 Å². The van der Waals surface area contributed by atoms with Crippen LogP contribution < -0.4 is 0 Å². The summed E-state index contributed by atoms with van der Waals surface area (Å²) in [6, 6.07) is 7.97. The number of tetrazole rings is 1. The van der Waals surface area contributed by atoms with Crippen molar-refractivity contribution < 1.29 is 4.79 Å². The summed E-state index contributed by atoms with van der Waals surface area (Å²) in [5.74, 6) is 0.0156. The predicted molar refractivity (Wildman–Crippen MR) is 80.2 cm³/mol. The van der Waals surface area contributed by atoms with Crippen molar-refractivity contribution in [3.05, 3.63) is 41.3 Å². The Labute approximate surface area is 131 Å². The Bertz CT molecular complexity index is 841. The maximum absolute atomic E-state index is 12.3. The lowest BCUT2D eigenvalue weighted by atomic mass is 10.2. The second-order valence-corrected chi connectivity index (χ2v) is 5.75. The first-order chi connectivity index (χ1) is 10.7. The Morgan fingerprint density at radius 2 is 2.18 bits per heavy atom. The first-order valence-electron chi connectivity index (χ1n) is 6.97. The van der Waals surface area contributed by atoms with Crippen LogP contribution in [0.3, 0.4) is 0 Å². The molecule has 1 aromatic carbocycles. The van der Waals surface area contributed by atoms with Crippen LogP contribution in [-0.2, 0) is 24.4 Å². The SMILES string of the molecule is O=C(Cn1cnnn1)N1CCn2c(cc3cc(Cl)ccc32)C1. The van der Waals surface area contributed by atoms with E-state index in [1.807, 2.05) is 23.1 Å². The quantitative estimate of drug-likeness (QED) is 0.715. The van der Waals surface area contributed by atoms with E-state index in [9.17, 15) is 4.79 Å². The van der Waals surface area contributed by atoms with Crippen molar-refractivity contribution in [3.8, 4) is 0 Å². The Morgan fingerprint density at radius 3 is 3.00 bits per heavy atom. The van der Waals surface area contributed by atoms with E-state index in [1.54, 1.807) is 0 Å². The molecule has 0 spiro atoms. The van der Waals surface area contributed by atoms with E-state index < -0.39 is 0 Å². The number of fused-ring (bicyclic) bond motifs is 3. The first-order valence-corrected chi connectivity index (χ1v) is 7.35. The van der Waals surface area contributed by atoms with Crippen LogP contribution in [0.25, 0.3) is 10.9 Å². The van der Waals surface area contributed by atoms with Gasteiger partial charge in [-0.2, -0.15) is 0 Å². The molecule has 0 atom stereocenters. The lowest BCUT2D eigenvalue weighted by molar-refractivity contribution is -0.133. The minimum atomic E-state index is 0.0156. The van der Waals surface area contributed by atoms with Crippen LogP contribution in [0, 0.1) is 0 Å². The summed E-state index contributed by atoms with van der Waals surface area (Å²) in [6.45, 7) is 2.22. The second kappa shape index (κ2) is 5.10. The van der Waals surface area contributed by atoms with Gasteiger partial charge in [-0.15, -0.1) is 5.10 Å². The zero-order valence-corrected chi connectivity index (χ0v) is 12.4. The third-order valence-corrected chi connectivity index (χ3v) is 4.17. The van der Waals surface area contributed by atoms with Crippen LogP contribution >= 0.6 is 11.6 Å². The van der Waals surface area contributed by atoms with Crippen LogP contribution in [0.2, 0.25) is 5.02 Å². The van der Waals surface area contributed by atoms with Gasteiger partial charge in [-0.25, -0.2) is 4.68 Å². The Hall–Kier alpha value is -2.41. The normalized spacial score (nSPS) is 14.3. The van der Waals surface area contributed by atoms with Crippen LogP contribution in [0.15, 0.2) is 30.6 Å². The van der Waals surface area contributed by atoms with Crippen molar-refractivity contribution in [3.63, 3.8) is 0 Å². The molecule has 0 saturated carbocycles. The second-order valence-electron chi connectivity index (χ2n) is 5.31. The third-order valence-electron chi connectivity index (χ3n) is 3.94. The molecule has 8 heteroatoms. The molecule has 0 unspecified atom stereocenters. The van der Waals surface area contributed by atoms with E-state index in [4.69, 9.17) is 11.6 Å². The molecule has 0 N–H and O–H groups in total. The Morgan fingerprint density at radius 1 is 1.27 bits per heavy atom. The minimum absolute atomic E-state index is 0.0156. The Balaban J connectivity index is 1.58. The molecule has 112 valence electrons. The van der Waals surface area contributed by atoms with Gasteiger partial charge in [0, 0.05) is 34.7 Å². The fourth-order valence-corrected chi connectivity index (χ4v) is 3.07. The number of benzene rings is 1. The monoisotopic (exact) mass is 316 g/mol. The van der Waals surface area contributed by atoms with Crippen LogP contribution in [-0.4, -0.2) is 42.1 Å². The molecule has 0 bridgehead atoms. The lowest BCUT2D eigenvalue weighted by Crippen LogP contribution is -2.39. The molecule has 0 aliphatic carbocycles. The summed E-state index contributed by atoms with van der Waals surface area (Å²) in [5, 5.41) is 12.6. The molecule has 22 heavy (non-hydrogen) atoms. The largest absolute Gasteiger partial charge is 0.341 e. The average molecular weight is 317 g/mol. The molecular weight excluding hydrogens is 304 g/mol. The van der Waals surface area contributed by atoms with Gasteiger partial charge in [0.15, 0.2) is 0 Å². The van der Waals surface area contributed by atoms with Crippen molar-refractivity contribution in [2.45, 2.75) is 19.6 Å². The first kappa shape index (κ1) is 13.3. The highest BCUT2D eigenvalue weighted by Crippen LogP contribution is 2.26. The Kier molecular flexibility index (Phi) is 3.07. The van der Waals surface area contributed by atoms with Gasteiger partial charge < -0.3 is 9.47 Å². The molecule has 7 nitrogen and oxygen atoms in total. The fraction of sp³-hybridized carbons (Fsp3) is 0.286. The molecule has 1 aliphatic heterocycles. The molecule has 3 heterocycles. The number of carbonyl (C=O) groups excluding carboxylic acids is 1. The highest BCUT2D eigenvalue weighted by molar-refractivity contribution is 6.31. The molecule has 0 radical (unpaired) electrons. The molecule has 2 aromatic heterocycles. The third kappa shape index (κ3) is 2.23. The molecular formula is C14H13ClN6O. The van der Waals surface area contributed by atoms with Crippen molar-refractivity contribution in [2.75, 3.05) is 6.54 Å². The van der Waals surface area contributed by atoms with E-state index in [0.717, 1.165) is 28.2 Å². The van der Waals surface area contributed by atoms with Crippen molar-refractivity contribution in [1.29, 1.82) is 0 Å². The van der Waals surface area contributed by atoms with Gasteiger partial charge in [-0.05, 0) is 34.7 Å². The predicted octanol–water partition coefficient (Wildman–Crippen LogP) is 1.32. The van der Waals surface area contributed by atoms with Crippen LogP contribution in [0.4, 0.5) is 0 Å². The summed E-state index contributed by atoms with van der Waals surface area (Å²) in [7, 11) is 0. The number of halogens is 1. The summed E-state index contributed by atoms with van der Waals surface area (Å²) >= 11 is 6.05. The summed E-state index contributed by atoms with van der Waals surface area (Å²) in [5.41, 5.74) is 2.28. The van der Waals surface area contributed by atoms with E-state index >= 15 is 0 Å². The highest BCUT2D eigenvalue weighted by atomic mass is 35.5. The highest BCUT2D eigenvalue weighted by Gasteiger charge is 2.22. The number of amides is 1. The van der Waals surface area contributed by atoms with Gasteiger partial charge >= 0.3 is 0 Å². The molecule has 3 aromatic rings. The van der Waals surface area contributed by atoms with E-state index in [2.05, 4.69) is 26.2 Å². The maximum atomic E-state index is 12.3. The van der Waals surface area contributed by atoms with Gasteiger partial charge in [0.1, 0.15) is 12.9 Å². The summed E-state index contributed by atoms with van der Waals surface area (Å²) in [4.78, 5) is 14.2. The minimum Gasteiger partial charge on any atom is -0.341 e. The van der Waals surface area contributed by atoms with E-state index in [0.29, 0.717) is 13.1 Å². The van der Waals surface area contributed by atoms with Gasteiger partial charge in [0.2, 0.25) is 5.91 Å². The number of nitrogens with zero attached hydrogens (tertiary/aromatic N) is 6. The molecule has 1 aliphatic rings. The zero-order valence-electron chi connectivity index (χ0n) is 11.7. The number of hydrogen-bond donors (Lipinski definition) is 0. The number of rotatable bonds is 2. The van der Waals surface area contributed by atoms with E-state index in [1.165, 1.54) is 11.0 Å². The summed E-state index contributed by atoms with van der Waals surface area (Å²) < 4.78 is 3.68. The molecule has 0 saturated heterocycles. The van der Waals surface area contributed by atoms with Crippen molar-refractivity contribution >= 4 is 28.4 Å². The smallest absolute Gasteiger partial charge is 0.244 e. The van der Waals surface area contributed by atoms with Gasteiger partial charge in [-0.1, -0.05) is 11.6 Å². The fourth-order valence-electron chi connectivity index (χ4n) is 2.89. The molecule has 0 fully saturated rings. The number of hydrogen-bond acceptors (Lipinski definition) is 4. The van der Waals surface area contributed by atoms with Crippen molar-refractivity contribution in [2.24, 2.45) is 0 Å². The van der Waals surface area contributed by atoms with E-state index in [-0.39, 0.29) is 12.5 Å². The zero-order chi connectivity index (χ0) is 15.1. The summed E-state index contributed by atoms with van der Waals surface area (Å²) in [6.07, 6.45) is 1.45. The standard InChI is InChI=1S/C14H13ClN6O/c15-11-1-2-13-10(5-11)6-12-7-19(3-4-21(12)13)14(22)8-20-9-16-17-18-20/h1-2,5-6,9H,3-4,7-8H2. The lowest BCUT2D eigenvalue weighted by Gasteiger charge is -2.29. The number of aromatic nitrogens is 5. The average Bonchev–Trinajstić information content (AvgIpc) is 3.12. The molecule has 4 rings (SSSR count).